The summed E-state index contributed by atoms with van der Waals surface area (Å²) in [5.74, 6) is 0. The Balaban J connectivity index is 1.58. The van der Waals surface area contributed by atoms with E-state index in [0.29, 0.717) is 0 Å². The Morgan fingerprint density at radius 1 is 1.31 bits per heavy atom. The molecule has 0 saturated carbocycles. The highest BCUT2D eigenvalue weighted by Gasteiger charge is 2.24. The Morgan fingerprint density at radius 2 is 2.04 bits per heavy atom. The lowest BCUT2D eigenvalue weighted by molar-refractivity contribution is 0.0477. The first-order valence-corrected chi connectivity index (χ1v) is 9.43. The first kappa shape index (κ1) is 18.9. The van der Waals surface area contributed by atoms with Crippen molar-refractivity contribution in [3.63, 3.8) is 0 Å². The van der Waals surface area contributed by atoms with Crippen molar-refractivity contribution in [2.24, 2.45) is 0 Å². The van der Waals surface area contributed by atoms with Crippen molar-refractivity contribution < 1.29 is 9.53 Å². The maximum absolute atomic E-state index is 11.9. The number of rotatable bonds is 3. The number of hydrogen-bond donors (Lipinski definition) is 1. The van der Waals surface area contributed by atoms with Crippen LogP contribution in [0.15, 0.2) is 30.5 Å². The van der Waals surface area contributed by atoms with Crippen molar-refractivity contribution in [2.75, 3.05) is 13.1 Å². The number of nitrogens with one attached hydrogen (secondary N) is 1. The number of ether oxygens (including phenoxy) is 1. The van der Waals surface area contributed by atoms with Crippen LogP contribution in [0.5, 0.6) is 0 Å². The lowest BCUT2D eigenvalue weighted by Crippen LogP contribution is -2.45. The molecule has 1 N–H and O–H groups in total. The maximum atomic E-state index is 11.9. The molecule has 1 fully saturated rings. The molecule has 1 aromatic carbocycles. The fourth-order valence-electron chi connectivity index (χ4n) is 3.26. The predicted molar refractivity (Wildman–Crippen MR) is 104 cm³/mol. The third kappa shape index (κ3) is 4.86. The zero-order chi connectivity index (χ0) is 18.7. The molecule has 0 spiro atoms. The van der Waals surface area contributed by atoms with E-state index in [1.165, 1.54) is 0 Å². The van der Waals surface area contributed by atoms with Crippen LogP contribution >= 0.6 is 11.6 Å². The minimum Gasteiger partial charge on any atom is -0.444 e. The van der Waals surface area contributed by atoms with Crippen molar-refractivity contribution in [2.45, 2.75) is 51.8 Å². The molecule has 3 rings (SSSR count). The van der Waals surface area contributed by atoms with Crippen molar-refractivity contribution >= 4 is 28.6 Å². The van der Waals surface area contributed by atoms with Gasteiger partial charge in [0, 0.05) is 47.8 Å². The quantitative estimate of drug-likeness (QED) is 0.865. The average Bonchev–Trinajstić information content (AvgIpc) is 2.57. The normalized spacial score (nSPS) is 16.6. The third-order valence-corrected chi connectivity index (χ3v) is 4.87. The standard InChI is InChI=1S/C20H26ClN3O2/c1-20(2,3)26-19(25)23-15-8-11-24(12-9-15)13-16-17(21)7-6-14-5-4-10-22-18(14)16/h4-7,10,15H,8-9,11-13H2,1-3H3,(H,23,25). The minimum absolute atomic E-state index is 0.155. The molecule has 140 valence electrons. The fraction of sp³-hybridized carbons (Fsp3) is 0.500. The molecule has 0 aliphatic carbocycles. The van der Waals surface area contributed by atoms with Gasteiger partial charge in [-0.05, 0) is 45.7 Å². The minimum atomic E-state index is -0.469. The zero-order valence-corrected chi connectivity index (χ0v) is 16.3. The van der Waals surface area contributed by atoms with Gasteiger partial charge in [-0.2, -0.15) is 0 Å². The van der Waals surface area contributed by atoms with Crippen LogP contribution < -0.4 is 5.32 Å². The number of amides is 1. The van der Waals surface area contributed by atoms with Gasteiger partial charge in [0.2, 0.25) is 0 Å². The van der Waals surface area contributed by atoms with Gasteiger partial charge in [0.1, 0.15) is 5.60 Å². The molecule has 2 aromatic rings. The van der Waals surface area contributed by atoms with E-state index in [1.54, 1.807) is 6.20 Å². The van der Waals surface area contributed by atoms with Crippen LogP contribution in [-0.2, 0) is 11.3 Å². The van der Waals surface area contributed by atoms with Crippen LogP contribution in [0.2, 0.25) is 5.02 Å². The molecule has 0 bridgehead atoms. The third-order valence-electron chi connectivity index (χ3n) is 4.51. The van der Waals surface area contributed by atoms with Crippen molar-refractivity contribution in [1.82, 2.24) is 15.2 Å². The van der Waals surface area contributed by atoms with Crippen LogP contribution in [-0.4, -0.2) is 40.7 Å². The molecule has 26 heavy (non-hydrogen) atoms. The van der Waals surface area contributed by atoms with E-state index in [-0.39, 0.29) is 12.1 Å². The van der Waals surface area contributed by atoms with E-state index in [0.717, 1.165) is 54.0 Å². The second-order valence-corrected chi connectivity index (χ2v) is 8.20. The van der Waals surface area contributed by atoms with Crippen molar-refractivity contribution in [1.29, 1.82) is 0 Å². The summed E-state index contributed by atoms with van der Waals surface area (Å²) in [6.07, 6.45) is 3.26. The summed E-state index contributed by atoms with van der Waals surface area (Å²) >= 11 is 6.44. The first-order valence-electron chi connectivity index (χ1n) is 9.06. The topological polar surface area (TPSA) is 54.5 Å². The van der Waals surface area contributed by atoms with E-state index >= 15 is 0 Å². The van der Waals surface area contributed by atoms with Crippen LogP contribution in [0.4, 0.5) is 4.79 Å². The van der Waals surface area contributed by atoms with Gasteiger partial charge in [0.05, 0.1) is 5.52 Å². The van der Waals surface area contributed by atoms with Crippen LogP contribution in [0.3, 0.4) is 0 Å². The fourth-order valence-corrected chi connectivity index (χ4v) is 3.48. The van der Waals surface area contributed by atoms with E-state index in [1.807, 2.05) is 39.0 Å². The molecule has 6 heteroatoms. The predicted octanol–water partition coefficient (Wildman–Crippen LogP) is 4.38. The summed E-state index contributed by atoms with van der Waals surface area (Å²) in [6.45, 7) is 8.19. The number of carbonyl (C=O) groups excluding carboxylic acids is 1. The zero-order valence-electron chi connectivity index (χ0n) is 15.6. The molecular formula is C20H26ClN3O2. The molecule has 0 radical (unpaired) electrons. The van der Waals surface area contributed by atoms with Crippen LogP contribution in [0.25, 0.3) is 10.9 Å². The average molecular weight is 376 g/mol. The highest BCUT2D eigenvalue weighted by Crippen LogP contribution is 2.27. The molecule has 1 aromatic heterocycles. The lowest BCUT2D eigenvalue weighted by Gasteiger charge is -2.33. The Morgan fingerprint density at radius 3 is 2.73 bits per heavy atom. The number of benzene rings is 1. The largest absolute Gasteiger partial charge is 0.444 e. The summed E-state index contributed by atoms with van der Waals surface area (Å²) in [6, 6.07) is 8.10. The Bertz CT molecular complexity index is 780. The summed E-state index contributed by atoms with van der Waals surface area (Å²) in [5, 5.41) is 4.83. The lowest BCUT2D eigenvalue weighted by atomic mass is 10.0. The molecule has 1 aliphatic rings. The molecule has 0 unspecified atom stereocenters. The summed E-state index contributed by atoms with van der Waals surface area (Å²) < 4.78 is 5.34. The SMILES string of the molecule is CC(C)(C)OC(=O)NC1CCN(Cc2c(Cl)ccc3cccnc23)CC1. The number of pyridine rings is 1. The van der Waals surface area contributed by atoms with Crippen LogP contribution in [0, 0.1) is 0 Å². The van der Waals surface area contributed by atoms with E-state index < -0.39 is 5.60 Å². The highest BCUT2D eigenvalue weighted by molar-refractivity contribution is 6.32. The molecule has 1 amide bonds. The van der Waals surface area contributed by atoms with E-state index in [9.17, 15) is 4.79 Å². The number of nitrogens with zero attached hydrogens (tertiary/aromatic N) is 2. The molecule has 5 nitrogen and oxygen atoms in total. The Labute approximate surface area is 159 Å². The van der Waals surface area contributed by atoms with Gasteiger partial charge in [-0.3, -0.25) is 9.88 Å². The number of alkyl carbamates (subject to hydrolysis) is 1. The molecule has 1 aliphatic heterocycles. The van der Waals surface area contributed by atoms with Crippen molar-refractivity contribution in [3.8, 4) is 0 Å². The van der Waals surface area contributed by atoms with E-state index in [4.69, 9.17) is 16.3 Å². The van der Waals surface area contributed by atoms with Gasteiger partial charge in [0.25, 0.3) is 0 Å². The van der Waals surface area contributed by atoms with E-state index in [2.05, 4.69) is 21.3 Å². The van der Waals surface area contributed by atoms with Gasteiger partial charge in [-0.1, -0.05) is 23.7 Å². The first-order chi connectivity index (χ1) is 12.3. The van der Waals surface area contributed by atoms with Gasteiger partial charge < -0.3 is 10.1 Å². The summed E-state index contributed by atoms with van der Waals surface area (Å²) in [4.78, 5) is 18.8. The van der Waals surface area contributed by atoms with Gasteiger partial charge in [-0.15, -0.1) is 0 Å². The van der Waals surface area contributed by atoms with Crippen molar-refractivity contribution in [3.05, 3.63) is 41.0 Å². The number of halogens is 1. The van der Waals surface area contributed by atoms with Gasteiger partial charge >= 0.3 is 6.09 Å². The summed E-state index contributed by atoms with van der Waals surface area (Å²) in [7, 11) is 0. The van der Waals surface area contributed by atoms with Gasteiger partial charge in [-0.25, -0.2) is 4.79 Å². The number of aromatic nitrogens is 1. The highest BCUT2D eigenvalue weighted by atomic mass is 35.5. The molecule has 1 saturated heterocycles. The van der Waals surface area contributed by atoms with Gasteiger partial charge in [0.15, 0.2) is 0 Å². The Hall–Kier alpha value is -1.85. The number of carbonyl (C=O) groups is 1. The maximum Gasteiger partial charge on any atom is 0.407 e. The monoisotopic (exact) mass is 375 g/mol. The molecular weight excluding hydrogens is 350 g/mol. The Kier molecular flexibility index (Phi) is 5.68. The second kappa shape index (κ2) is 7.80. The number of piperidine rings is 1. The second-order valence-electron chi connectivity index (χ2n) is 7.80. The number of hydrogen-bond acceptors (Lipinski definition) is 4. The van der Waals surface area contributed by atoms with Crippen LogP contribution in [0.1, 0.15) is 39.2 Å². The number of fused-ring (bicyclic) bond motifs is 1. The summed E-state index contributed by atoms with van der Waals surface area (Å²) in [5.41, 5.74) is 1.57. The smallest absolute Gasteiger partial charge is 0.407 e. The molecule has 2 heterocycles. The number of likely N-dealkylation sites (tertiary alicyclic amines) is 1. The molecule has 0 atom stereocenters.